The third-order valence-corrected chi connectivity index (χ3v) is 2.95. The molecule has 90 valence electrons. The molecule has 6 nitrogen and oxygen atoms in total. The van der Waals surface area contributed by atoms with Crippen LogP contribution in [0.2, 0.25) is 0 Å². The van der Waals surface area contributed by atoms with E-state index in [9.17, 15) is 4.79 Å². The zero-order chi connectivity index (χ0) is 12.1. The maximum absolute atomic E-state index is 11.6. The number of carbonyl (C=O) groups excluding carboxylic acids is 1. The lowest BCUT2D eigenvalue weighted by atomic mass is 10.4. The summed E-state index contributed by atoms with van der Waals surface area (Å²) in [5, 5.41) is 13.0. The van der Waals surface area contributed by atoms with Crippen molar-refractivity contribution in [2.75, 3.05) is 0 Å². The van der Waals surface area contributed by atoms with Gasteiger partial charge in [0.25, 0.3) is 0 Å². The number of thiophene rings is 1. The number of tetrazole rings is 1. The number of esters is 1. The number of aryl methyl sites for hydroxylation is 1. The quantitative estimate of drug-likeness (QED) is 0.754. The van der Waals surface area contributed by atoms with Crippen LogP contribution in [0.3, 0.4) is 0 Å². The molecule has 0 aromatic carbocycles. The SMILES string of the molecule is CCCn1nnnc1COC(=O)c1cccs1. The van der Waals surface area contributed by atoms with Gasteiger partial charge in [0.15, 0.2) is 12.4 Å². The fraction of sp³-hybridized carbons (Fsp3) is 0.400. The summed E-state index contributed by atoms with van der Waals surface area (Å²) in [6, 6.07) is 3.53. The van der Waals surface area contributed by atoms with E-state index in [-0.39, 0.29) is 12.6 Å². The van der Waals surface area contributed by atoms with E-state index >= 15 is 0 Å². The summed E-state index contributed by atoms with van der Waals surface area (Å²) >= 11 is 1.35. The van der Waals surface area contributed by atoms with Crippen LogP contribution in [0.4, 0.5) is 0 Å². The van der Waals surface area contributed by atoms with E-state index in [0.717, 1.165) is 13.0 Å². The molecule has 0 fully saturated rings. The molecule has 7 heteroatoms. The van der Waals surface area contributed by atoms with Crippen LogP contribution in [0, 0.1) is 0 Å². The number of nitrogens with zero attached hydrogens (tertiary/aromatic N) is 4. The van der Waals surface area contributed by atoms with Crippen LogP contribution in [0.15, 0.2) is 17.5 Å². The van der Waals surface area contributed by atoms with Crippen LogP contribution in [0.25, 0.3) is 0 Å². The van der Waals surface area contributed by atoms with Gasteiger partial charge < -0.3 is 4.74 Å². The Balaban J connectivity index is 1.93. The lowest BCUT2D eigenvalue weighted by Gasteiger charge is -2.03. The van der Waals surface area contributed by atoms with Crippen molar-refractivity contribution in [2.24, 2.45) is 0 Å². The Morgan fingerprint density at radius 2 is 2.47 bits per heavy atom. The summed E-state index contributed by atoms with van der Waals surface area (Å²) < 4.78 is 6.77. The molecule has 0 saturated heterocycles. The van der Waals surface area contributed by atoms with Gasteiger partial charge in [-0.3, -0.25) is 0 Å². The summed E-state index contributed by atoms with van der Waals surface area (Å²) in [4.78, 5) is 12.2. The highest BCUT2D eigenvalue weighted by atomic mass is 32.1. The smallest absolute Gasteiger partial charge is 0.348 e. The molecule has 0 spiro atoms. The third kappa shape index (κ3) is 2.88. The second-order valence-corrected chi connectivity index (χ2v) is 4.32. The summed E-state index contributed by atoms with van der Waals surface area (Å²) in [5.41, 5.74) is 0. The first-order chi connectivity index (χ1) is 8.31. The van der Waals surface area contributed by atoms with Crippen molar-refractivity contribution < 1.29 is 9.53 Å². The molecular weight excluding hydrogens is 240 g/mol. The van der Waals surface area contributed by atoms with Gasteiger partial charge in [-0.2, -0.15) is 0 Å². The molecule has 0 aliphatic carbocycles. The van der Waals surface area contributed by atoms with Gasteiger partial charge in [0.2, 0.25) is 0 Å². The van der Waals surface area contributed by atoms with Crippen molar-refractivity contribution in [2.45, 2.75) is 26.5 Å². The predicted octanol–water partition coefficient (Wildman–Crippen LogP) is 1.50. The molecular formula is C10H12N4O2S. The third-order valence-electron chi connectivity index (χ3n) is 2.10. The largest absolute Gasteiger partial charge is 0.453 e. The highest BCUT2D eigenvalue weighted by molar-refractivity contribution is 7.11. The molecule has 0 aliphatic heterocycles. The molecule has 0 bridgehead atoms. The summed E-state index contributed by atoms with van der Waals surface area (Å²) in [5.74, 6) is 0.225. The fourth-order valence-electron chi connectivity index (χ4n) is 1.31. The van der Waals surface area contributed by atoms with Crippen molar-refractivity contribution in [1.29, 1.82) is 0 Å². The van der Waals surface area contributed by atoms with Crippen LogP contribution >= 0.6 is 11.3 Å². The predicted molar refractivity (Wildman–Crippen MR) is 61.5 cm³/mol. The monoisotopic (exact) mass is 252 g/mol. The highest BCUT2D eigenvalue weighted by Crippen LogP contribution is 2.10. The van der Waals surface area contributed by atoms with Crippen LogP contribution in [-0.2, 0) is 17.9 Å². The van der Waals surface area contributed by atoms with Crippen molar-refractivity contribution in [3.05, 3.63) is 28.2 Å². The maximum atomic E-state index is 11.6. The van der Waals surface area contributed by atoms with Crippen molar-refractivity contribution in [3.63, 3.8) is 0 Å². The number of hydrogen-bond acceptors (Lipinski definition) is 6. The number of aromatic nitrogens is 4. The number of hydrogen-bond donors (Lipinski definition) is 0. The second kappa shape index (κ2) is 5.53. The first kappa shape index (κ1) is 11.7. The van der Waals surface area contributed by atoms with E-state index in [0.29, 0.717) is 10.7 Å². The minimum absolute atomic E-state index is 0.101. The van der Waals surface area contributed by atoms with E-state index in [4.69, 9.17) is 4.74 Å². The zero-order valence-electron chi connectivity index (χ0n) is 9.37. The molecule has 0 atom stereocenters. The molecule has 0 unspecified atom stereocenters. The zero-order valence-corrected chi connectivity index (χ0v) is 10.2. The first-order valence-electron chi connectivity index (χ1n) is 5.27. The molecule has 2 heterocycles. The summed E-state index contributed by atoms with van der Waals surface area (Å²) in [6.45, 7) is 2.85. The second-order valence-electron chi connectivity index (χ2n) is 3.37. The normalized spacial score (nSPS) is 10.4. The first-order valence-corrected chi connectivity index (χ1v) is 6.15. The molecule has 2 aromatic rings. The van der Waals surface area contributed by atoms with Gasteiger partial charge in [-0.15, -0.1) is 16.4 Å². The van der Waals surface area contributed by atoms with Crippen LogP contribution in [0.5, 0.6) is 0 Å². The van der Waals surface area contributed by atoms with E-state index in [2.05, 4.69) is 15.5 Å². The maximum Gasteiger partial charge on any atom is 0.348 e. The summed E-state index contributed by atoms with van der Waals surface area (Å²) in [7, 11) is 0. The Morgan fingerprint density at radius 3 is 3.18 bits per heavy atom. The Hall–Kier alpha value is -1.76. The molecule has 0 saturated carbocycles. The van der Waals surface area contributed by atoms with Crippen molar-refractivity contribution in [3.8, 4) is 0 Å². The molecule has 17 heavy (non-hydrogen) atoms. The van der Waals surface area contributed by atoms with Gasteiger partial charge in [-0.05, 0) is 28.3 Å². The number of rotatable bonds is 5. The van der Waals surface area contributed by atoms with Gasteiger partial charge in [0, 0.05) is 6.54 Å². The minimum Gasteiger partial charge on any atom is -0.453 e. The Bertz CT molecular complexity index is 480. The van der Waals surface area contributed by atoms with Gasteiger partial charge in [-0.1, -0.05) is 13.0 Å². The lowest BCUT2D eigenvalue weighted by Crippen LogP contribution is -2.10. The van der Waals surface area contributed by atoms with Crippen molar-refractivity contribution >= 4 is 17.3 Å². The molecule has 2 rings (SSSR count). The lowest BCUT2D eigenvalue weighted by molar-refractivity contribution is 0.0462. The van der Waals surface area contributed by atoms with Gasteiger partial charge in [0.05, 0.1) is 0 Å². The van der Waals surface area contributed by atoms with Gasteiger partial charge in [0.1, 0.15) is 4.88 Å². The average molecular weight is 252 g/mol. The molecule has 0 aliphatic rings. The van der Waals surface area contributed by atoms with Gasteiger partial charge in [-0.25, -0.2) is 9.48 Å². The average Bonchev–Trinajstić information content (AvgIpc) is 2.97. The Kier molecular flexibility index (Phi) is 3.81. The number of ether oxygens (including phenoxy) is 1. The van der Waals surface area contributed by atoms with E-state index in [1.807, 2.05) is 18.4 Å². The van der Waals surface area contributed by atoms with Gasteiger partial charge >= 0.3 is 5.97 Å². The van der Waals surface area contributed by atoms with Crippen LogP contribution < -0.4 is 0 Å². The highest BCUT2D eigenvalue weighted by Gasteiger charge is 2.11. The van der Waals surface area contributed by atoms with Crippen molar-refractivity contribution in [1.82, 2.24) is 20.2 Å². The topological polar surface area (TPSA) is 69.9 Å². The van der Waals surface area contributed by atoms with Crippen LogP contribution in [0.1, 0.15) is 28.8 Å². The van der Waals surface area contributed by atoms with E-state index in [1.54, 1.807) is 10.7 Å². The fourth-order valence-corrected chi connectivity index (χ4v) is 1.92. The van der Waals surface area contributed by atoms with E-state index < -0.39 is 0 Å². The molecule has 0 radical (unpaired) electrons. The Labute approximate surface area is 102 Å². The van der Waals surface area contributed by atoms with E-state index in [1.165, 1.54) is 11.3 Å². The van der Waals surface area contributed by atoms with Crippen LogP contribution in [-0.4, -0.2) is 26.2 Å². The molecule has 0 amide bonds. The molecule has 0 N–H and O–H groups in total. The summed E-state index contributed by atoms with van der Waals surface area (Å²) in [6.07, 6.45) is 0.927. The number of carbonyl (C=O) groups is 1. The molecule has 2 aromatic heterocycles. The standard InChI is InChI=1S/C10H12N4O2S/c1-2-5-14-9(11-12-13-14)7-16-10(15)8-4-3-6-17-8/h3-4,6H,2,5,7H2,1H3. The Morgan fingerprint density at radius 1 is 1.59 bits per heavy atom. The minimum atomic E-state index is -0.342.